The Balaban J connectivity index is 0.970. The van der Waals surface area contributed by atoms with Gasteiger partial charge < -0.3 is 8.83 Å². The summed E-state index contributed by atoms with van der Waals surface area (Å²) >= 11 is 0. The molecule has 0 radical (unpaired) electrons. The zero-order valence-electron chi connectivity index (χ0n) is 28.1. The van der Waals surface area contributed by atoms with Crippen LogP contribution >= 0.6 is 0 Å². The summed E-state index contributed by atoms with van der Waals surface area (Å²) in [7, 11) is 0. The smallest absolute Gasteiger partial charge is 0.178 e. The third kappa shape index (κ3) is 4.66. The molecule has 0 aliphatic heterocycles. The van der Waals surface area contributed by atoms with Crippen LogP contribution in [0.2, 0.25) is 0 Å². The van der Waals surface area contributed by atoms with E-state index in [1.807, 2.05) is 0 Å². The van der Waals surface area contributed by atoms with Gasteiger partial charge in [0.25, 0.3) is 0 Å². The number of furan rings is 2. The number of benzene rings is 9. The van der Waals surface area contributed by atoms with Crippen LogP contribution in [-0.2, 0) is 0 Å². The van der Waals surface area contributed by atoms with Crippen LogP contribution in [0.5, 0.6) is 0 Å². The van der Waals surface area contributed by atoms with Gasteiger partial charge >= 0.3 is 0 Å². The van der Waals surface area contributed by atoms with E-state index in [1.54, 1.807) is 0 Å². The van der Waals surface area contributed by atoms with Gasteiger partial charge in [-0.15, -0.1) is 0 Å². The molecule has 0 saturated heterocycles. The lowest BCUT2D eigenvalue weighted by Gasteiger charge is -2.08. The molecule has 2 heterocycles. The van der Waals surface area contributed by atoms with E-state index in [1.165, 1.54) is 54.9 Å². The first-order chi connectivity index (χ1) is 25.7. The number of rotatable bonds is 4. The Bertz CT molecular complexity index is 2980. The van der Waals surface area contributed by atoms with Crippen LogP contribution in [0.4, 0.5) is 0 Å². The third-order valence-electron chi connectivity index (χ3n) is 10.6. The van der Waals surface area contributed by atoms with Gasteiger partial charge in [-0.25, -0.2) is 0 Å². The fourth-order valence-corrected chi connectivity index (χ4v) is 7.92. The van der Waals surface area contributed by atoms with E-state index in [4.69, 9.17) is 8.83 Å². The van der Waals surface area contributed by atoms with Crippen LogP contribution in [0, 0.1) is 0 Å². The van der Waals surface area contributed by atoms with Crippen molar-refractivity contribution >= 4 is 65.4 Å². The molecule has 242 valence electrons. The molecule has 0 bridgehead atoms. The second-order valence-corrected chi connectivity index (χ2v) is 13.7. The maximum absolute atomic E-state index is 6.54. The number of fused-ring (bicyclic) bond motifs is 9. The lowest BCUT2D eigenvalue weighted by molar-refractivity contribution is 0.633. The molecule has 0 atom stereocenters. The highest BCUT2D eigenvalue weighted by Gasteiger charge is 2.17. The van der Waals surface area contributed by atoms with Crippen molar-refractivity contribution < 1.29 is 8.83 Å². The summed E-state index contributed by atoms with van der Waals surface area (Å²) in [6.07, 6.45) is 0. The van der Waals surface area contributed by atoms with Crippen LogP contribution in [0.3, 0.4) is 0 Å². The standard InChI is InChI=1S/C50H30O2/c1-3-9-33-25-39(17-15-31(33)7-1)35-11-5-13-37(27-35)41-19-23-47-45(29-41)43-21-22-44-46-30-42(20-24-48(46)52-50(44)49(43)51-47)38-14-6-12-36(28-38)40-18-16-32-8-2-4-10-34(32)26-40/h1-30H. The van der Waals surface area contributed by atoms with Crippen LogP contribution in [0.1, 0.15) is 0 Å². The molecular formula is C50H30O2. The predicted octanol–water partition coefficient (Wildman–Crippen LogP) is 14.5. The fraction of sp³-hybridized carbons (Fsp3) is 0. The highest BCUT2D eigenvalue weighted by atomic mass is 16.4. The molecular weight excluding hydrogens is 633 g/mol. The van der Waals surface area contributed by atoms with Crippen LogP contribution < -0.4 is 0 Å². The topological polar surface area (TPSA) is 26.3 Å². The molecule has 52 heavy (non-hydrogen) atoms. The largest absolute Gasteiger partial charge is 0.452 e. The molecule has 0 aliphatic carbocycles. The molecule has 11 rings (SSSR count). The van der Waals surface area contributed by atoms with Crippen molar-refractivity contribution in [3.63, 3.8) is 0 Å². The quantitative estimate of drug-likeness (QED) is 0.187. The molecule has 0 spiro atoms. The van der Waals surface area contributed by atoms with Gasteiger partial charge in [-0.1, -0.05) is 121 Å². The maximum atomic E-state index is 6.54. The summed E-state index contributed by atoms with van der Waals surface area (Å²) in [5.41, 5.74) is 12.7. The van der Waals surface area contributed by atoms with Crippen LogP contribution in [0.15, 0.2) is 191 Å². The van der Waals surface area contributed by atoms with Crippen molar-refractivity contribution in [3.05, 3.63) is 182 Å². The van der Waals surface area contributed by atoms with E-state index < -0.39 is 0 Å². The first kappa shape index (κ1) is 28.9. The Kier molecular flexibility index (Phi) is 6.28. The van der Waals surface area contributed by atoms with Gasteiger partial charge in [-0.05, 0) is 127 Å². The van der Waals surface area contributed by atoms with Crippen molar-refractivity contribution in [3.8, 4) is 44.5 Å². The molecule has 2 aromatic heterocycles. The summed E-state index contributed by atoms with van der Waals surface area (Å²) < 4.78 is 13.1. The number of hydrogen-bond donors (Lipinski definition) is 0. The van der Waals surface area contributed by atoms with E-state index >= 15 is 0 Å². The lowest BCUT2D eigenvalue weighted by Crippen LogP contribution is -1.82. The van der Waals surface area contributed by atoms with Crippen molar-refractivity contribution in [1.82, 2.24) is 0 Å². The second-order valence-electron chi connectivity index (χ2n) is 13.7. The minimum Gasteiger partial charge on any atom is -0.452 e. The number of hydrogen-bond acceptors (Lipinski definition) is 2. The normalized spacial score (nSPS) is 11.8. The van der Waals surface area contributed by atoms with E-state index in [0.29, 0.717) is 0 Å². The predicted molar refractivity (Wildman–Crippen MR) is 218 cm³/mol. The Morgan fingerprint density at radius 2 is 0.596 bits per heavy atom. The minimum atomic E-state index is 0.783. The average Bonchev–Trinajstić information content (AvgIpc) is 3.78. The molecule has 0 saturated carbocycles. The SMILES string of the molecule is c1cc(-c2ccc3ccccc3c2)cc(-c2ccc3oc4c(ccc5c6cc(-c7cccc(-c8ccc9ccccc9c8)c7)ccc6oc54)c3c2)c1. The zero-order chi connectivity index (χ0) is 34.2. The summed E-state index contributed by atoms with van der Waals surface area (Å²) in [5, 5.41) is 9.26. The van der Waals surface area contributed by atoms with Gasteiger partial charge in [-0.3, -0.25) is 0 Å². The molecule has 2 heteroatoms. The van der Waals surface area contributed by atoms with E-state index in [2.05, 4.69) is 182 Å². The van der Waals surface area contributed by atoms with Gasteiger partial charge in [0.05, 0.1) is 0 Å². The molecule has 2 nitrogen and oxygen atoms in total. The molecule has 0 aliphatic rings. The molecule has 0 N–H and O–H groups in total. The molecule has 0 fully saturated rings. The van der Waals surface area contributed by atoms with Crippen LogP contribution in [0.25, 0.3) is 110 Å². The average molecular weight is 663 g/mol. The van der Waals surface area contributed by atoms with Gasteiger partial charge in [0.15, 0.2) is 11.2 Å². The van der Waals surface area contributed by atoms with Gasteiger partial charge in [-0.2, -0.15) is 0 Å². The second kappa shape index (κ2) is 11.3. The fourth-order valence-electron chi connectivity index (χ4n) is 7.92. The van der Waals surface area contributed by atoms with E-state index in [9.17, 15) is 0 Å². The van der Waals surface area contributed by atoms with Crippen LogP contribution in [-0.4, -0.2) is 0 Å². The highest BCUT2D eigenvalue weighted by Crippen LogP contribution is 2.41. The summed E-state index contributed by atoms with van der Waals surface area (Å²) in [5.74, 6) is 0. The Hall–Kier alpha value is -6.90. The third-order valence-corrected chi connectivity index (χ3v) is 10.6. The van der Waals surface area contributed by atoms with Crippen molar-refractivity contribution in [1.29, 1.82) is 0 Å². The zero-order valence-corrected chi connectivity index (χ0v) is 28.1. The Morgan fingerprint density at radius 1 is 0.231 bits per heavy atom. The Morgan fingerprint density at radius 3 is 1.04 bits per heavy atom. The van der Waals surface area contributed by atoms with E-state index in [-0.39, 0.29) is 0 Å². The highest BCUT2D eigenvalue weighted by molar-refractivity contribution is 6.19. The first-order valence-corrected chi connectivity index (χ1v) is 17.7. The summed E-state index contributed by atoms with van der Waals surface area (Å²) in [6, 6.07) is 65.3. The van der Waals surface area contributed by atoms with Gasteiger partial charge in [0.2, 0.25) is 0 Å². The maximum Gasteiger partial charge on any atom is 0.178 e. The van der Waals surface area contributed by atoms with Gasteiger partial charge in [0.1, 0.15) is 11.2 Å². The molecule has 0 amide bonds. The summed E-state index contributed by atoms with van der Waals surface area (Å²) in [4.78, 5) is 0. The lowest BCUT2D eigenvalue weighted by atomic mass is 9.96. The van der Waals surface area contributed by atoms with Crippen molar-refractivity contribution in [2.75, 3.05) is 0 Å². The van der Waals surface area contributed by atoms with E-state index in [0.717, 1.165) is 55.0 Å². The monoisotopic (exact) mass is 662 g/mol. The molecule has 0 unspecified atom stereocenters. The minimum absolute atomic E-state index is 0.783. The molecule has 11 aromatic rings. The van der Waals surface area contributed by atoms with Crippen molar-refractivity contribution in [2.45, 2.75) is 0 Å². The first-order valence-electron chi connectivity index (χ1n) is 17.7. The molecule has 9 aromatic carbocycles. The summed E-state index contributed by atoms with van der Waals surface area (Å²) in [6.45, 7) is 0. The van der Waals surface area contributed by atoms with Gasteiger partial charge in [0, 0.05) is 21.5 Å². The Labute approximate surface area is 299 Å². The van der Waals surface area contributed by atoms with Crippen molar-refractivity contribution in [2.24, 2.45) is 0 Å².